The van der Waals surface area contributed by atoms with Crippen molar-refractivity contribution in [3.05, 3.63) is 29.3 Å². The topological polar surface area (TPSA) is 46.2 Å². The lowest BCUT2D eigenvalue weighted by Crippen LogP contribution is -2.12. The molecule has 1 unspecified atom stereocenters. The van der Waals surface area contributed by atoms with E-state index < -0.39 is 17.8 Å². The zero-order valence-corrected chi connectivity index (χ0v) is 9.59. The average molecular weight is 247 g/mol. The van der Waals surface area contributed by atoms with Gasteiger partial charge in [0.05, 0.1) is 11.7 Å². The van der Waals surface area contributed by atoms with E-state index in [-0.39, 0.29) is 12.1 Å². The SMILES string of the molecule is CCCC(O)Cc1cc(N)cc(C(F)(F)F)c1. The highest BCUT2D eigenvalue weighted by Gasteiger charge is 2.31. The Morgan fingerprint density at radius 3 is 2.47 bits per heavy atom. The Morgan fingerprint density at radius 2 is 1.94 bits per heavy atom. The van der Waals surface area contributed by atoms with Gasteiger partial charge in [0, 0.05) is 5.69 Å². The predicted molar refractivity (Wildman–Crippen MR) is 60.5 cm³/mol. The number of hydrogen-bond donors (Lipinski definition) is 2. The van der Waals surface area contributed by atoms with Crippen LogP contribution >= 0.6 is 0 Å². The van der Waals surface area contributed by atoms with Crippen LogP contribution in [-0.4, -0.2) is 11.2 Å². The van der Waals surface area contributed by atoms with E-state index in [1.165, 1.54) is 6.07 Å². The van der Waals surface area contributed by atoms with Crippen LogP contribution in [0.2, 0.25) is 0 Å². The van der Waals surface area contributed by atoms with Crippen LogP contribution < -0.4 is 5.73 Å². The van der Waals surface area contributed by atoms with Crippen molar-refractivity contribution in [2.24, 2.45) is 0 Å². The smallest absolute Gasteiger partial charge is 0.399 e. The number of aliphatic hydroxyl groups is 1. The molecule has 3 N–H and O–H groups in total. The molecule has 1 aromatic carbocycles. The van der Waals surface area contributed by atoms with Crippen molar-refractivity contribution in [3.63, 3.8) is 0 Å². The monoisotopic (exact) mass is 247 g/mol. The van der Waals surface area contributed by atoms with E-state index in [0.29, 0.717) is 12.0 Å². The molecule has 0 heterocycles. The van der Waals surface area contributed by atoms with Gasteiger partial charge in [-0.1, -0.05) is 13.3 Å². The van der Waals surface area contributed by atoms with Gasteiger partial charge in [0.15, 0.2) is 0 Å². The minimum absolute atomic E-state index is 0.0681. The molecule has 0 radical (unpaired) electrons. The summed E-state index contributed by atoms with van der Waals surface area (Å²) in [5, 5.41) is 9.57. The Kier molecular flexibility index (Phi) is 4.40. The molecule has 0 fully saturated rings. The number of nitrogens with two attached hydrogens (primary N) is 1. The van der Waals surface area contributed by atoms with Gasteiger partial charge in [0.2, 0.25) is 0 Å². The maximum absolute atomic E-state index is 12.5. The summed E-state index contributed by atoms with van der Waals surface area (Å²) >= 11 is 0. The van der Waals surface area contributed by atoms with Crippen LogP contribution in [0.15, 0.2) is 18.2 Å². The highest BCUT2D eigenvalue weighted by Crippen LogP contribution is 2.31. The molecule has 0 saturated heterocycles. The number of nitrogen functional groups attached to an aromatic ring is 1. The Labute approximate surface area is 98.3 Å². The highest BCUT2D eigenvalue weighted by atomic mass is 19.4. The van der Waals surface area contributed by atoms with Crippen molar-refractivity contribution >= 4 is 5.69 Å². The van der Waals surface area contributed by atoms with Gasteiger partial charge in [-0.15, -0.1) is 0 Å². The summed E-state index contributed by atoms with van der Waals surface area (Å²) in [6, 6.07) is 3.40. The lowest BCUT2D eigenvalue weighted by Gasteiger charge is -2.13. The fraction of sp³-hybridized carbons (Fsp3) is 0.500. The Balaban J connectivity index is 2.90. The molecular formula is C12H16F3NO. The van der Waals surface area contributed by atoms with E-state index in [2.05, 4.69) is 0 Å². The minimum atomic E-state index is -4.40. The standard InChI is InChI=1S/C12H16F3NO/c1-2-3-11(17)6-8-4-9(12(13,14)15)7-10(16)5-8/h4-5,7,11,17H,2-3,6,16H2,1H3. The van der Waals surface area contributed by atoms with Gasteiger partial charge in [-0.25, -0.2) is 0 Å². The lowest BCUT2D eigenvalue weighted by molar-refractivity contribution is -0.137. The summed E-state index contributed by atoms with van der Waals surface area (Å²) in [6.45, 7) is 1.91. The normalized spacial score (nSPS) is 13.7. The molecule has 0 amide bonds. The molecule has 1 aromatic rings. The van der Waals surface area contributed by atoms with Crippen molar-refractivity contribution in [2.45, 2.75) is 38.5 Å². The summed E-state index contributed by atoms with van der Waals surface area (Å²) in [4.78, 5) is 0. The van der Waals surface area contributed by atoms with Crippen LogP contribution in [0.5, 0.6) is 0 Å². The second kappa shape index (κ2) is 5.40. The maximum Gasteiger partial charge on any atom is 0.416 e. The van der Waals surface area contributed by atoms with Gasteiger partial charge in [-0.2, -0.15) is 13.2 Å². The molecule has 0 aromatic heterocycles. The van der Waals surface area contributed by atoms with Crippen molar-refractivity contribution < 1.29 is 18.3 Å². The molecule has 0 spiro atoms. The summed E-state index contributed by atoms with van der Waals surface area (Å²) < 4.78 is 37.5. The number of anilines is 1. The van der Waals surface area contributed by atoms with Crippen molar-refractivity contribution in [1.29, 1.82) is 0 Å². The highest BCUT2D eigenvalue weighted by molar-refractivity contribution is 5.45. The molecule has 2 nitrogen and oxygen atoms in total. The van der Waals surface area contributed by atoms with E-state index in [9.17, 15) is 18.3 Å². The molecule has 0 saturated carbocycles. The summed E-state index contributed by atoms with van der Waals surface area (Å²) in [5.74, 6) is 0. The molecule has 0 aliphatic rings. The maximum atomic E-state index is 12.5. The second-order valence-electron chi connectivity index (χ2n) is 4.11. The molecular weight excluding hydrogens is 231 g/mol. The van der Waals surface area contributed by atoms with Gasteiger partial charge >= 0.3 is 6.18 Å². The van der Waals surface area contributed by atoms with Gasteiger partial charge in [-0.3, -0.25) is 0 Å². The van der Waals surface area contributed by atoms with Crippen LogP contribution in [0.4, 0.5) is 18.9 Å². The van der Waals surface area contributed by atoms with Crippen LogP contribution in [-0.2, 0) is 12.6 Å². The Morgan fingerprint density at radius 1 is 1.29 bits per heavy atom. The van der Waals surface area contributed by atoms with Crippen LogP contribution in [0.25, 0.3) is 0 Å². The molecule has 96 valence electrons. The zero-order chi connectivity index (χ0) is 13.1. The van der Waals surface area contributed by atoms with Crippen LogP contribution in [0.3, 0.4) is 0 Å². The van der Waals surface area contributed by atoms with Gasteiger partial charge in [-0.05, 0) is 36.6 Å². The Hall–Kier alpha value is -1.23. The summed E-state index contributed by atoms with van der Waals surface area (Å²) in [6.07, 6.45) is -3.48. The number of benzene rings is 1. The van der Waals surface area contributed by atoms with Crippen molar-refractivity contribution in [3.8, 4) is 0 Å². The molecule has 0 bridgehead atoms. The van der Waals surface area contributed by atoms with Crippen LogP contribution in [0.1, 0.15) is 30.9 Å². The van der Waals surface area contributed by atoms with Gasteiger partial charge < -0.3 is 10.8 Å². The fourth-order valence-corrected chi connectivity index (χ4v) is 1.71. The fourth-order valence-electron chi connectivity index (χ4n) is 1.71. The molecule has 1 atom stereocenters. The summed E-state index contributed by atoms with van der Waals surface area (Å²) in [7, 11) is 0. The summed E-state index contributed by atoms with van der Waals surface area (Å²) in [5.41, 5.74) is 5.14. The van der Waals surface area contributed by atoms with E-state index in [0.717, 1.165) is 18.6 Å². The lowest BCUT2D eigenvalue weighted by atomic mass is 10.0. The Bertz CT molecular complexity index is 377. The third kappa shape index (κ3) is 4.26. The van der Waals surface area contributed by atoms with E-state index in [1.54, 1.807) is 0 Å². The predicted octanol–water partition coefficient (Wildman–Crippen LogP) is 2.99. The third-order valence-electron chi connectivity index (χ3n) is 2.44. The zero-order valence-electron chi connectivity index (χ0n) is 9.59. The molecule has 17 heavy (non-hydrogen) atoms. The quantitative estimate of drug-likeness (QED) is 0.803. The first kappa shape index (κ1) is 13.8. The first-order valence-corrected chi connectivity index (χ1v) is 5.47. The largest absolute Gasteiger partial charge is 0.416 e. The molecule has 5 heteroatoms. The number of aliphatic hydroxyl groups excluding tert-OH is 1. The first-order valence-electron chi connectivity index (χ1n) is 5.47. The van der Waals surface area contributed by atoms with Crippen molar-refractivity contribution in [1.82, 2.24) is 0 Å². The van der Waals surface area contributed by atoms with Gasteiger partial charge in [0.1, 0.15) is 0 Å². The minimum Gasteiger partial charge on any atom is -0.399 e. The average Bonchev–Trinajstić information content (AvgIpc) is 2.15. The number of halogens is 3. The number of alkyl halides is 3. The molecule has 1 rings (SSSR count). The van der Waals surface area contributed by atoms with E-state index >= 15 is 0 Å². The molecule has 0 aliphatic carbocycles. The van der Waals surface area contributed by atoms with Crippen molar-refractivity contribution in [2.75, 3.05) is 5.73 Å². The first-order chi connectivity index (χ1) is 7.82. The van der Waals surface area contributed by atoms with E-state index in [4.69, 9.17) is 5.73 Å². The molecule has 0 aliphatic heterocycles. The van der Waals surface area contributed by atoms with E-state index in [1.807, 2.05) is 6.92 Å². The van der Waals surface area contributed by atoms with Gasteiger partial charge in [0.25, 0.3) is 0 Å². The van der Waals surface area contributed by atoms with Crippen LogP contribution in [0, 0.1) is 0 Å². The second-order valence-corrected chi connectivity index (χ2v) is 4.11. The number of rotatable bonds is 4. The third-order valence-corrected chi connectivity index (χ3v) is 2.44. The number of hydrogen-bond acceptors (Lipinski definition) is 2.